The number of rotatable bonds is 7. The minimum absolute atomic E-state index is 0.00332. The maximum Gasteiger partial charge on any atom is 0.387 e. The second-order valence-electron chi connectivity index (χ2n) is 3.67. The lowest BCUT2D eigenvalue weighted by Crippen LogP contribution is -2.13. The zero-order valence-electron chi connectivity index (χ0n) is 10.7. The molecule has 110 valence electrons. The summed E-state index contributed by atoms with van der Waals surface area (Å²) in [6, 6.07) is 3.49. The summed E-state index contributed by atoms with van der Waals surface area (Å²) in [5.74, 6) is -1.29. The summed E-state index contributed by atoms with van der Waals surface area (Å²) < 4.78 is 33.3. The van der Waals surface area contributed by atoms with Crippen LogP contribution in [-0.4, -0.2) is 30.9 Å². The van der Waals surface area contributed by atoms with Crippen molar-refractivity contribution in [3.63, 3.8) is 0 Å². The lowest BCUT2D eigenvalue weighted by atomic mass is 10.0. The number of carbonyl (C=O) groups is 2. The van der Waals surface area contributed by atoms with Crippen LogP contribution in [0.15, 0.2) is 18.2 Å². The number of ether oxygens (including phenoxy) is 2. The molecule has 0 spiro atoms. The van der Waals surface area contributed by atoms with Crippen molar-refractivity contribution in [2.75, 3.05) is 12.5 Å². The monoisotopic (exact) mass is 306 g/mol. The van der Waals surface area contributed by atoms with Crippen LogP contribution in [-0.2, 0) is 4.74 Å². The van der Waals surface area contributed by atoms with Gasteiger partial charge in [0.15, 0.2) is 5.78 Å². The highest BCUT2D eigenvalue weighted by Gasteiger charge is 2.19. The van der Waals surface area contributed by atoms with Gasteiger partial charge in [-0.15, -0.1) is 11.6 Å². The predicted octanol–water partition coefficient (Wildman–Crippen LogP) is 3.28. The fourth-order valence-corrected chi connectivity index (χ4v) is 1.71. The predicted molar refractivity (Wildman–Crippen MR) is 68.7 cm³/mol. The van der Waals surface area contributed by atoms with Crippen molar-refractivity contribution in [3.8, 4) is 5.75 Å². The van der Waals surface area contributed by atoms with Gasteiger partial charge in [0, 0.05) is 17.9 Å². The first kappa shape index (κ1) is 16.4. The summed E-state index contributed by atoms with van der Waals surface area (Å²) in [6.07, 6.45) is -0.0217. The van der Waals surface area contributed by atoms with Gasteiger partial charge in [-0.1, -0.05) is 0 Å². The first-order valence-electron chi connectivity index (χ1n) is 5.84. The zero-order valence-corrected chi connectivity index (χ0v) is 11.5. The molecular formula is C13H13ClF2O4. The van der Waals surface area contributed by atoms with Crippen LogP contribution in [0, 0.1) is 0 Å². The molecule has 20 heavy (non-hydrogen) atoms. The van der Waals surface area contributed by atoms with E-state index in [1.807, 2.05) is 0 Å². The van der Waals surface area contributed by atoms with Gasteiger partial charge in [-0.3, -0.25) is 4.79 Å². The number of carbonyl (C=O) groups excluding carboxylic acids is 2. The maximum atomic E-state index is 12.2. The van der Waals surface area contributed by atoms with E-state index in [0.29, 0.717) is 0 Å². The fourth-order valence-electron chi connectivity index (χ4n) is 1.54. The third-order valence-electron chi connectivity index (χ3n) is 2.33. The second kappa shape index (κ2) is 7.79. The summed E-state index contributed by atoms with van der Waals surface area (Å²) in [6.45, 7) is -1.26. The van der Waals surface area contributed by atoms with Gasteiger partial charge in [-0.25, -0.2) is 4.79 Å². The van der Waals surface area contributed by atoms with E-state index in [4.69, 9.17) is 16.3 Å². The molecule has 1 aromatic rings. The lowest BCUT2D eigenvalue weighted by Gasteiger charge is -2.10. The molecule has 1 aromatic carbocycles. The minimum Gasteiger partial charge on any atom is -0.462 e. The van der Waals surface area contributed by atoms with E-state index in [0.717, 1.165) is 6.07 Å². The Morgan fingerprint density at radius 1 is 1.30 bits per heavy atom. The molecule has 0 heterocycles. The van der Waals surface area contributed by atoms with Crippen molar-refractivity contribution < 1.29 is 27.8 Å². The highest BCUT2D eigenvalue weighted by Crippen LogP contribution is 2.22. The largest absolute Gasteiger partial charge is 0.462 e. The van der Waals surface area contributed by atoms with E-state index in [-0.39, 0.29) is 35.8 Å². The van der Waals surface area contributed by atoms with Crippen LogP contribution in [0.2, 0.25) is 0 Å². The zero-order chi connectivity index (χ0) is 15.1. The fraction of sp³-hybridized carbons (Fsp3) is 0.385. The molecule has 0 unspecified atom stereocenters. The molecule has 0 saturated carbocycles. The molecule has 4 nitrogen and oxygen atoms in total. The standard InChI is InChI=1S/C13H13ClF2O4/c1-2-19-12(18)9-4-3-8(20-13(15)16)7-10(9)11(17)5-6-14/h3-4,7,13H,2,5-6H2,1H3. The van der Waals surface area contributed by atoms with E-state index < -0.39 is 18.4 Å². The topological polar surface area (TPSA) is 52.6 Å². The summed E-state index contributed by atoms with van der Waals surface area (Å²) in [4.78, 5) is 23.6. The second-order valence-corrected chi connectivity index (χ2v) is 4.05. The van der Waals surface area contributed by atoms with Crippen LogP contribution >= 0.6 is 11.6 Å². The van der Waals surface area contributed by atoms with Gasteiger partial charge in [0.2, 0.25) is 0 Å². The molecule has 0 aliphatic carbocycles. The molecule has 0 amide bonds. The quantitative estimate of drug-likeness (QED) is 0.441. The summed E-state index contributed by atoms with van der Waals surface area (Å²) >= 11 is 5.48. The molecule has 0 radical (unpaired) electrons. The van der Waals surface area contributed by atoms with E-state index in [1.54, 1.807) is 6.92 Å². The van der Waals surface area contributed by atoms with E-state index in [2.05, 4.69) is 4.74 Å². The van der Waals surface area contributed by atoms with Gasteiger partial charge in [-0.05, 0) is 25.1 Å². The first-order chi connectivity index (χ1) is 9.49. The molecule has 1 rings (SSSR count). The normalized spacial score (nSPS) is 10.4. The Balaban J connectivity index is 3.15. The van der Waals surface area contributed by atoms with Crippen molar-refractivity contribution >= 4 is 23.4 Å². The van der Waals surface area contributed by atoms with Crippen LogP contribution in [0.4, 0.5) is 8.78 Å². The average Bonchev–Trinajstić information content (AvgIpc) is 2.38. The minimum atomic E-state index is -3.01. The summed E-state index contributed by atoms with van der Waals surface area (Å²) in [5, 5.41) is 0. The van der Waals surface area contributed by atoms with Gasteiger partial charge in [0.25, 0.3) is 0 Å². The van der Waals surface area contributed by atoms with Crippen molar-refractivity contribution in [2.24, 2.45) is 0 Å². The van der Waals surface area contributed by atoms with Crippen LogP contribution in [0.3, 0.4) is 0 Å². The van der Waals surface area contributed by atoms with E-state index >= 15 is 0 Å². The lowest BCUT2D eigenvalue weighted by molar-refractivity contribution is -0.0498. The number of benzene rings is 1. The molecule has 0 aromatic heterocycles. The van der Waals surface area contributed by atoms with Crippen LogP contribution in [0.1, 0.15) is 34.1 Å². The van der Waals surface area contributed by atoms with Crippen molar-refractivity contribution in [1.82, 2.24) is 0 Å². The molecule has 7 heteroatoms. The SMILES string of the molecule is CCOC(=O)c1ccc(OC(F)F)cc1C(=O)CCCl. The number of hydrogen-bond acceptors (Lipinski definition) is 4. The summed E-state index contributed by atoms with van der Waals surface area (Å²) in [5.41, 5.74) is -0.0363. The van der Waals surface area contributed by atoms with E-state index in [1.165, 1.54) is 12.1 Å². The number of halogens is 3. The Kier molecular flexibility index (Phi) is 6.38. The van der Waals surface area contributed by atoms with Gasteiger partial charge >= 0.3 is 12.6 Å². The number of alkyl halides is 3. The van der Waals surface area contributed by atoms with Crippen LogP contribution in [0.25, 0.3) is 0 Å². The Labute approximate surface area is 119 Å². The van der Waals surface area contributed by atoms with E-state index in [9.17, 15) is 18.4 Å². The molecule has 0 saturated heterocycles. The first-order valence-corrected chi connectivity index (χ1v) is 6.38. The molecule has 0 aliphatic rings. The molecule has 0 N–H and O–H groups in total. The van der Waals surface area contributed by atoms with Crippen molar-refractivity contribution in [1.29, 1.82) is 0 Å². The van der Waals surface area contributed by atoms with Crippen LogP contribution in [0.5, 0.6) is 5.75 Å². The molecule has 0 fully saturated rings. The average molecular weight is 307 g/mol. The molecular weight excluding hydrogens is 294 g/mol. The number of Topliss-reactive ketones (excluding diaryl/α,β-unsaturated/α-hetero) is 1. The Bertz CT molecular complexity index is 491. The number of hydrogen-bond donors (Lipinski definition) is 0. The van der Waals surface area contributed by atoms with Gasteiger partial charge in [0.05, 0.1) is 12.2 Å². The van der Waals surface area contributed by atoms with Gasteiger partial charge < -0.3 is 9.47 Å². The Morgan fingerprint density at radius 2 is 2.00 bits per heavy atom. The summed E-state index contributed by atoms with van der Waals surface area (Å²) in [7, 11) is 0. The van der Waals surface area contributed by atoms with Gasteiger partial charge in [0.1, 0.15) is 5.75 Å². The molecule has 0 aliphatic heterocycles. The molecule has 0 atom stereocenters. The smallest absolute Gasteiger partial charge is 0.387 e. The maximum absolute atomic E-state index is 12.2. The van der Waals surface area contributed by atoms with Crippen LogP contribution < -0.4 is 4.74 Å². The molecule has 0 bridgehead atoms. The van der Waals surface area contributed by atoms with Gasteiger partial charge in [-0.2, -0.15) is 8.78 Å². The highest BCUT2D eigenvalue weighted by atomic mass is 35.5. The van der Waals surface area contributed by atoms with Crippen molar-refractivity contribution in [3.05, 3.63) is 29.3 Å². The Hall–Kier alpha value is -1.69. The number of ketones is 1. The Morgan fingerprint density at radius 3 is 2.55 bits per heavy atom. The van der Waals surface area contributed by atoms with Crippen molar-refractivity contribution in [2.45, 2.75) is 20.0 Å². The third-order valence-corrected chi connectivity index (χ3v) is 2.52. The highest BCUT2D eigenvalue weighted by molar-refractivity contribution is 6.20. The third kappa shape index (κ3) is 4.45. The number of esters is 1.